The number of hydrogen-bond acceptors (Lipinski definition) is 4. The van der Waals surface area contributed by atoms with Gasteiger partial charge in [0.15, 0.2) is 0 Å². The number of carbonyl (C=O) groups is 1. The highest BCUT2D eigenvalue weighted by atomic mass is 79.9. The van der Waals surface area contributed by atoms with Gasteiger partial charge in [0.25, 0.3) is 10.0 Å². The Balaban J connectivity index is 2.78. The van der Waals surface area contributed by atoms with Crippen molar-refractivity contribution in [2.75, 3.05) is 6.54 Å². The van der Waals surface area contributed by atoms with Crippen molar-refractivity contribution < 1.29 is 18.3 Å². The van der Waals surface area contributed by atoms with E-state index in [2.05, 4.69) is 20.7 Å². The summed E-state index contributed by atoms with van der Waals surface area (Å²) in [6, 6.07) is 1.64. The zero-order valence-electron chi connectivity index (χ0n) is 11.5. The normalized spacial score (nSPS) is 14.2. The summed E-state index contributed by atoms with van der Waals surface area (Å²) in [6.45, 7) is 5.66. The monoisotopic (exact) mass is 383 g/mol. The summed E-state index contributed by atoms with van der Waals surface area (Å²) in [6.07, 6.45) is 0.399. The van der Waals surface area contributed by atoms with E-state index in [4.69, 9.17) is 0 Å². The van der Waals surface area contributed by atoms with Gasteiger partial charge in [0, 0.05) is 11.0 Å². The topological polar surface area (TPSA) is 83.5 Å². The van der Waals surface area contributed by atoms with Gasteiger partial charge in [-0.25, -0.2) is 13.1 Å². The molecule has 5 nitrogen and oxygen atoms in total. The smallest absolute Gasteiger partial charge is 0.307 e. The highest BCUT2D eigenvalue weighted by molar-refractivity contribution is 9.10. The number of rotatable bonds is 6. The molecule has 1 unspecified atom stereocenters. The number of nitrogens with one attached hydrogen (secondary N) is 1. The molecule has 0 fully saturated rings. The maximum Gasteiger partial charge on any atom is 0.307 e. The van der Waals surface area contributed by atoms with Crippen molar-refractivity contribution in [1.29, 1.82) is 0 Å². The van der Waals surface area contributed by atoms with Crippen LogP contribution in [0.1, 0.15) is 27.2 Å². The standard InChI is InChI=1S/C12H18BrNO4S2/c1-12(2,3)6-8(10(15)16)7-14-20(17,18)11-9(13)4-5-19-11/h4-5,8,14H,6-7H2,1-3H3,(H,15,16). The molecule has 0 aliphatic rings. The van der Waals surface area contributed by atoms with E-state index >= 15 is 0 Å². The van der Waals surface area contributed by atoms with Gasteiger partial charge in [-0.2, -0.15) is 0 Å². The number of carboxylic acid groups (broad SMARTS) is 1. The van der Waals surface area contributed by atoms with Crippen LogP contribution in [0.2, 0.25) is 0 Å². The van der Waals surface area contributed by atoms with E-state index < -0.39 is 21.9 Å². The van der Waals surface area contributed by atoms with E-state index in [0.29, 0.717) is 10.9 Å². The SMILES string of the molecule is CC(C)(C)CC(CNS(=O)(=O)c1sccc1Br)C(=O)O. The van der Waals surface area contributed by atoms with E-state index in [1.54, 1.807) is 11.4 Å². The number of hydrogen-bond donors (Lipinski definition) is 2. The van der Waals surface area contributed by atoms with Crippen molar-refractivity contribution in [3.05, 3.63) is 15.9 Å². The van der Waals surface area contributed by atoms with E-state index in [-0.39, 0.29) is 16.2 Å². The lowest BCUT2D eigenvalue weighted by Crippen LogP contribution is -2.34. The van der Waals surface area contributed by atoms with Gasteiger partial charge in [-0.05, 0) is 39.2 Å². The third-order valence-electron chi connectivity index (χ3n) is 2.56. The molecule has 1 rings (SSSR count). The first kappa shape index (κ1) is 17.6. The van der Waals surface area contributed by atoms with Crippen LogP contribution in [-0.4, -0.2) is 26.0 Å². The van der Waals surface area contributed by atoms with Gasteiger partial charge in [0.1, 0.15) is 4.21 Å². The Bertz CT molecular complexity index is 575. The van der Waals surface area contributed by atoms with Gasteiger partial charge in [0.05, 0.1) is 5.92 Å². The van der Waals surface area contributed by atoms with Crippen LogP contribution in [0.4, 0.5) is 0 Å². The molecule has 0 spiro atoms. The molecule has 20 heavy (non-hydrogen) atoms. The fraction of sp³-hybridized carbons (Fsp3) is 0.583. The predicted octanol–water partition coefficient (Wildman–Crippen LogP) is 2.93. The van der Waals surface area contributed by atoms with Gasteiger partial charge in [-0.15, -0.1) is 11.3 Å². The summed E-state index contributed by atoms with van der Waals surface area (Å²) >= 11 is 4.25. The highest BCUT2D eigenvalue weighted by Crippen LogP contribution is 2.28. The second-order valence-electron chi connectivity index (χ2n) is 5.71. The molecule has 0 saturated heterocycles. The Morgan fingerprint density at radius 2 is 2.10 bits per heavy atom. The van der Waals surface area contributed by atoms with E-state index in [0.717, 1.165) is 11.3 Å². The van der Waals surface area contributed by atoms with Crippen molar-refractivity contribution in [2.45, 2.75) is 31.4 Å². The van der Waals surface area contributed by atoms with Crippen LogP contribution < -0.4 is 4.72 Å². The van der Waals surface area contributed by atoms with Gasteiger partial charge in [0.2, 0.25) is 0 Å². The van der Waals surface area contributed by atoms with Crippen LogP contribution in [-0.2, 0) is 14.8 Å². The summed E-state index contributed by atoms with van der Waals surface area (Å²) in [7, 11) is -3.67. The molecule has 1 aromatic rings. The minimum absolute atomic E-state index is 0.112. The van der Waals surface area contributed by atoms with Crippen LogP contribution >= 0.6 is 27.3 Å². The van der Waals surface area contributed by atoms with Crippen molar-refractivity contribution >= 4 is 43.3 Å². The first-order valence-electron chi connectivity index (χ1n) is 5.98. The first-order valence-corrected chi connectivity index (χ1v) is 9.14. The molecule has 0 saturated carbocycles. The molecule has 0 aliphatic heterocycles. The molecule has 1 atom stereocenters. The number of carboxylic acids is 1. The Labute approximate surface area is 131 Å². The molecule has 114 valence electrons. The lowest BCUT2D eigenvalue weighted by molar-refractivity contribution is -0.142. The van der Waals surface area contributed by atoms with Gasteiger partial charge >= 0.3 is 5.97 Å². The van der Waals surface area contributed by atoms with Crippen molar-refractivity contribution in [2.24, 2.45) is 11.3 Å². The highest BCUT2D eigenvalue weighted by Gasteiger charge is 2.27. The number of sulfonamides is 1. The van der Waals surface area contributed by atoms with Crippen molar-refractivity contribution in [3.8, 4) is 0 Å². The molecule has 0 radical (unpaired) electrons. The Morgan fingerprint density at radius 1 is 1.50 bits per heavy atom. The average molecular weight is 384 g/mol. The fourth-order valence-electron chi connectivity index (χ4n) is 1.73. The van der Waals surface area contributed by atoms with Crippen LogP contribution in [0, 0.1) is 11.3 Å². The maximum absolute atomic E-state index is 12.1. The zero-order valence-corrected chi connectivity index (χ0v) is 14.7. The predicted molar refractivity (Wildman–Crippen MR) is 82.4 cm³/mol. The zero-order chi connectivity index (χ0) is 15.6. The largest absolute Gasteiger partial charge is 0.481 e. The maximum atomic E-state index is 12.1. The van der Waals surface area contributed by atoms with Crippen LogP contribution in [0.15, 0.2) is 20.1 Å². The summed E-state index contributed by atoms with van der Waals surface area (Å²) in [5.74, 6) is -1.74. The summed E-state index contributed by atoms with van der Waals surface area (Å²) in [4.78, 5) is 11.2. The second-order valence-corrected chi connectivity index (χ2v) is 9.44. The Hall–Kier alpha value is -0.440. The summed E-state index contributed by atoms with van der Waals surface area (Å²) in [5.41, 5.74) is -0.183. The number of aliphatic carboxylic acids is 1. The summed E-state index contributed by atoms with van der Waals surface area (Å²) < 4.78 is 27.2. The molecule has 0 aliphatic carbocycles. The fourth-order valence-corrected chi connectivity index (χ4v) is 5.20. The van der Waals surface area contributed by atoms with Gasteiger partial charge in [-0.3, -0.25) is 4.79 Å². The second kappa shape index (κ2) is 6.55. The summed E-state index contributed by atoms with van der Waals surface area (Å²) in [5, 5.41) is 10.8. The molecular formula is C12H18BrNO4S2. The quantitative estimate of drug-likeness (QED) is 0.790. The van der Waals surface area contributed by atoms with Crippen molar-refractivity contribution in [3.63, 3.8) is 0 Å². The van der Waals surface area contributed by atoms with Crippen LogP contribution in [0.3, 0.4) is 0 Å². The molecule has 1 heterocycles. The molecule has 0 aromatic carbocycles. The van der Waals surface area contributed by atoms with Crippen molar-refractivity contribution in [1.82, 2.24) is 4.72 Å². The lowest BCUT2D eigenvalue weighted by atomic mass is 9.85. The molecule has 1 aromatic heterocycles. The first-order chi connectivity index (χ1) is 9.03. The average Bonchev–Trinajstić information content (AvgIpc) is 2.69. The molecule has 2 N–H and O–H groups in total. The molecule has 0 amide bonds. The minimum atomic E-state index is -3.67. The third-order valence-corrected chi connectivity index (χ3v) is 6.65. The van der Waals surface area contributed by atoms with E-state index in [9.17, 15) is 18.3 Å². The molecular weight excluding hydrogens is 366 g/mol. The number of thiophene rings is 1. The van der Waals surface area contributed by atoms with Gasteiger partial charge in [-0.1, -0.05) is 20.8 Å². The third kappa shape index (κ3) is 5.16. The van der Waals surface area contributed by atoms with Crippen LogP contribution in [0.5, 0.6) is 0 Å². The molecule has 8 heteroatoms. The van der Waals surface area contributed by atoms with Crippen LogP contribution in [0.25, 0.3) is 0 Å². The van der Waals surface area contributed by atoms with Gasteiger partial charge < -0.3 is 5.11 Å². The van der Waals surface area contributed by atoms with E-state index in [1.165, 1.54) is 0 Å². The number of halogens is 1. The Kier molecular flexibility index (Phi) is 5.77. The lowest BCUT2D eigenvalue weighted by Gasteiger charge is -2.23. The minimum Gasteiger partial charge on any atom is -0.481 e. The molecule has 0 bridgehead atoms. The van der Waals surface area contributed by atoms with E-state index in [1.807, 2.05) is 20.8 Å². The Morgan fingerprint density at radius 3 is 2.50 bits per heavy atom.